The molecule has 2 aromatic carbocycles. The maximum atomic E-state index is 12.5. The number of aryl methyl sites for hydroxylation is 2. The van der Waals surface area contributed by atoms with Crippen LogP contribution in [0.5, 0.6) is 0 Å². The van der Waals surface area contributed by atoms with Gasteiger partial charge < -0.3 is 5.32 Å². The Morgan fingerprint density at radius 2 is 1.94 bits per heavy atom. The van der Waals surface area contributed by atoms with Crippen molar-refractivity contribution < 1.29 is 9.59 Å². The minimum absolute atomic E-state index is 0.127. The number of hydrogen-bond acceptors (Lipinski definition) is 5. The summed E-state index contributed by atoms with van der Waals surface area (Å²) in [5, 5.41) is 14.6. The Morgan fingerprint density at radius 1 is 1.19 bits per heavy atom. The minimum Gasteiger partial charge on any atom is -0.320 e. The normalized spacial score (nSPS) is 11.0. The lowest BCUT2D eigenvalue weighted by molar-refractivity contribution is -0.116. The van der Waals surface area contributed by atoms with Crippen LogP contribution in [0.4, 0.5) is 16.5 Å². The third-order valence-corrected chi connectivity index (χ3v) is 5.72. The first kappa shape index (κ1) is 22.2. The number of anilines is 3. The number of carbonyl (C=O) groups excluding carboxylic acids is 2. The minimum atomic E-state index is -0.595. The number of aromatic nitrogens is 1. The van der Waals surface area contributed by atoms with Gasteiger partial charge in [-0.2, -0.15) is 5.26 Å². The largest absolute Gasteiger partial charge is 0.320 e. The summed E-state index contributed by atoms with van der Waals surface area (Å²) < 4.78 is 0. The summed E-state index contributed by atoms with van der Waals surface area (Å²) in [5.41, 5.74) is 3.57. The van der Waals surface area contributed by atoms with Crippen molar-refractivity contribution in [1.82, 2.24) is 4.98 Å². The van der Waals surface area contributed by atoms with Crippen LogP contribution in [0.15, 0.2) is 53.4 Å². The molecule has 8 heteroatoms. The average molecular weight is 451 g/mol. The van der Waals surface area contributed by atoms with Crippen LogP contribution in [0, 0.1) is 25.2 Å². The zero-order valence-corrected chi connectivity index (χ0v) is 18.7. The van der Waals surface area contributed by atoms with Crippen molar-refractivity contribution in [2.24, 2.45) is 0 Å². The number of halogens is 1. The standard InChI is InChI=1S/C23H19ClN4O2S/c1-14-8-9-19(10-15(14)2)28(16(3)29)23-26-18(13-31-23)11-17(12-25)22(30)27-21-7-5-4-6-20(21)24/h4-11,13H,1-3H3,(H,27,30)/b17-11+. The van der Waals surface area contributed by atoms with E-state index in [1.54, 1.807) is 29.6 Å². The smallest absolute Gasteiger partial charge is 0.266 e. The Labute approximate surface area is 189 Å². The average Bonchev–Trinajstić information content (AvgIpc) is 3.18. The van der Waals surface area contributed by atoms with Gasteiger partial charge in [-0.3, -0.25) is 14.5 Å². The van der Waals surface area contributed by atoms with E-state index < -0.39 is 5.91 Å². The number of rotatable bonds is 5. The summed E-state index contributed by atoms with van der Waals surface area (Å²) in [4.78, 5) is 30.8. The zero-order chi connectivity index (χ0) is 22.5. The monoisotopic (exact) mass is 450 g/mol. The van der Waals surface area contributed by atoms with Gasteiger partial charge in [0.05, 0.1) is 22.1 Å². The van der Waals surface area contributed by atoms with E-state index in [2.05, 4.69) is 10.3 Å². The molecular formula is C23H19ClN4O2S. The second kappa shape index (κ2) is 9.56. The van der Waals surface area contributed by atoms with E-state index in [-0.39, 0.29) is 11.5 Å². The Balaban J connectivity index is 1.88. The highest BCUT2D eigenvalue weighted by Crippen LogP contribution is 2.31. The van der Waals surface area contributed by atoms with Gasteiger partial charge in [0.25, 0.3) is 5.91 Å². The maximum Gasteiger partial charge on any atom is 0.266 e. The molecule has 3 rings (SSSR count). The van der Waals surface area contributed by atoms with Crippen LogP contribution in [-0.4, -0.2) is 16.8 Å². The van der Waals surface area contributed by atoms with Gasteiger partial charge in [0, 0.05) is 12.3 Å². The van der Waals surface area contributed by atoms with E-state index in [1.165, 1.54) is 29.2 Å². The zero-order valence-electron chi connectivity index (χ0n) is 17.1. The Kier molecular flexibility index (Phi) is 6.85. The fourth-order valence-electron chi connectivity index (χ4n) is 2.79. The molecule has 0 aliphatic rings. The number of thiazole rings is 1. The molecule has 1 N–H and O–H groups in total. The van der Waals surface area contributed by atoms with Crippen LogP contribution in [0.1, 0.15) is 23.7 Å². The molecule has 156 valence electrons. The predicted molar refractivity (Wildman–Crippen MR) is 125 cm³/mol. The van der Waals surface area contributed by atoms with Crippen molar-refractivity contribution >= 4 is 57.3 Å². The fourth-order valence-corrected chi connectivity index (χ4v) is 3.81. The lowest BCUT2D eigenvalue weighted by Gasteiger charge is -2.19. The molecule has 0 bridgehead atoms. The lowest BCUT2D eigenvalue weighted by atomic mass is 10.1. The quantitative estimate of drug-likeness (QED) is 0.402. The Morgan fingerprint density at radius 3 is 2.58 bits per heavy atom. The van der Waals surface area contributed by atoms with Gasteiger partial charge in [-0.15, -0.1) is 11.3 Å². The van der Waals surface area contributed by atoms with Crippen LogP contribution >= 0.6 is 22.9 Å². The topological polar surface area (TPSA) is 86.1 Å². The molecule has 2 amide bonds. The maximum absolute atomic E-state index is 12.5. The van der Waals surface area contributed by atoms with Crippen molar-refractivity contribution in [2.45, 2.75) is 20.8 Å². The second-order valence-electron chi connectivity index (χ2n) is 6.78. The number of hydrogen-bond donors (Lipinski definition) is 1. The number of nitriles is 1. The van der Waals surface area contributed by atoms with Crippen LogP contribution in [0.3, 0.4) is 0 Å². The molecule has 0 saturated heterocycles. The van der Waals surface area contributed by atoms with Crippen molar-refractivity contribution in [3.05, 3.63) is 75.3 Å². The van der Waals surface area contributed by atoms with Gasteiger partial charge in [-0.25, -0.2) is 4.98 Å². The van der Waals surface area contributed by atoms with Crippen LogP contribution in [0.2, 0.25) is 5.02 Å². The molecule has 6 nitrogen and oxygen atoms in total. The van der Waals surface area contributed by atoms with E-state index >= 15 is 0 Å². The Hall–Kier alpha value is -3.47. The summed E-state index contributed by atoms with van der Waals surface area (Å²) in [7, 11) is 0. The molecule has 31 heavy (non-hydrogen) atoms. The summed E-state index contributed by atoms with van der Waals surface area (Å²) in [6.45, 7) is 5.44. The van der Waals surface area contributed by atoms with Gasteiger partial charge in [0.15, 0.2) is 5.13 Å². The SMILES string of the molecule is CC(=O)N(c1ccc(C)c(C)c1)c1nc(/C=C(\C#N)C(=O)Nc2ccccc2Cl)cs1. The number of amides is 2. The van der Waals surface area contributed by atoms with Crippen LogP contribution in [-0.2, 0) is 9.59 Å². The van der Waals surface area contributed by atoms with Crippen LogP contribution < -0.4 is 10.2 Å². The molecule has 0 radical (unpaired) electrons. The number of para-hydroxylation sites is 1. The molecule has 0 spiro atoms. The van der Waals surface area contributed by atoms with Crippen molar-refractivity contribution in [3.63, 3.8) is 0 Å². The molecular weight excluding hydrogens is 432 g/mol. The molecule has 0 atom stereocenters. The van der Waals surface area contributed by atoms with Crippen molar-refractivity contribution in [1.29, 1.82) is 5.26 Å². The molecule has 3 aromatic rings. The van der Waals surface area contributed by atoms with Gasteiger partial charge in [-0.1, -0.05) is 29.8 Å². The van der Waals surface area contributed by atoms with E-state index in [9.17, 15) is 14.9 Å². The first-order valence-electron chi connectivity index (χ1n) is 9.31. The third kappa shape index (κ3) is 5.18. The summed E-state index contributed by atoms with van der Waals surface area (Å²) in [5.74, 6) is -0.784. The summed E-state index contributed by atoms with van der Waals surface area (Å²) >= 11 is 7.31. The first-order chi connectivity index (χ1) is 14.8. The van der Waals surface area contributed by atoms with Crippen LogP contribution in [0.25, 0.3) is 6.08 Å². The van der Waals surface area contributed by atoms with Crippen molar-refractivity contribution in [2.75, 3.05) is 10.2 Å². The lowest BCUT2D eigenvalue weighted by Crippen LogP contribution is -2.22. The van der Waals surface area contributed by atoms with E-state index in [1.807, 2.05) is 38.1 Å². The summed E-state index contributed by atoms with van der Waals surface area (Å²) in [6.07, 6.45) is 1.38. The van der Waals surface area contributed by atoms with E-state index in [0.717, 1.165) is 11.1 Å². The fraction of sp³-hybridized carbons (Fsp3) is 0.130. The van der Waals surface area contributed by atoms with Gasteiger partial charge in [0.2, 0.25) is 5.91 Å². The Bertz CT molecular complexity index is 1230. The summed E-state index contributed by atoms with van der Waals surface area (Å²) in [6, 6.07) is 14.4. The molecule has 0 unspecified atom stereocenters. The van der Waals surface area contributed by atoms with E-state index in [4.69, 9.17) is 11.6 Å². The second-order valence-corrected chi connectivity index (χ2v) is 8.03. The first-order valence-corrected chi connectivity index (χ1v) is 10.6. The highest BCUT2D eigenvalue weighted by molar-refractivity contribution is 7.14. The molecule has 1 heterocycles. The number of nitrogens with zero attached hydrogens (tertiary/aromatic N) is 3. The molecule has 0 aliphatic carbocycles. The highest BCUT2D eigenvalue weighted by Gasteiger charge is 2.19. The predicted octanol–water partition coefficient (Wildman–Crippen LogP) is 5.64. The molecule has 0 saturated carbocycles. The number of carbonyl (C=O) groups is 2. The van der Waals surface area contributed by atoms with Gasteiger partial charge >= 0.3 is 0 Å². The van der Waals surface area contributed by atoms with E-state index in [0.29, 0.717) is 27.2 Å². The molecule has 0 fully saturated rings. The van der Waals surface area contributed by atoms with Crippen molar-refractivity contribution in [3.8, 4) is 6.07 Å². The molecule has 0 aliphatic heterocycles. The number of nitrogens with one attached hydrogen (secondary N) is 1. The van der Waals surface area contributed by atoms with Gasteiger partial charge in [-0.05, 0) is 55.3 Å². The third-order valence-electron chi connectivity index (χ3n) is 4.54. The van der Waals surface area contributed by atoms with Gasteiger partial charge in [0.1, 0.15) is 11.6 Å². The number of benzene rings is 2. The molecule has 1 aromatic heterocycles. The highest BCUT2D eigenvalue weighted by atomic mass is 35.5.